The molecule has 4 aliphatic heterocycles. The first-order valence-corrected chi connectivity index (χ1v) is 11.5. The molecule has 4 N–H and O–H groups in total. The highest BCUT2D eigenvalue weighted by Crippen LogP contribution is 2.49. The number of ether oxygens (including phenoxy) is 4. The van der Waals surface area contributed by atoms with E-state index in [0.717, 1.165) is 69.9 Å². The van der Waals surface area contributed by atoms with Gasteiger partial charge in [0.05, 0.1) is 50.8 Å². The van der Waals surface area contributed by atoms with Crippen LogP contribution in [0.2, 0.25) is 0 Å². The molecule has 0 saturated carbocycles. The van der Waals surface area contributed by atoms with Crippen LogP contribution in [0.1, 0.15) is 33.4 Å². The van der Waals surface area contributed by atoms with E-state index in [2.05, 4.69) is 12.1 Å². The first-order valence-electron chi connectivity index (χ1n) is 11.5. The zero-order chi connectivity index (χ0) is 20.7. The zero-order valence-electron chi connectivity index (χ0n) is 17.6. The minimum atomic E-state index is 0.288. The number of hydrogen-bond acceptors (Lipinski definition) is 6. The lowest BCUT2D eigenvalue weighted by atomic mass is 9.83. The zero-order valence-corrected chi connectivity index (χ0v) is 17.6. The Kier molecular flexibility index (Phi) is 3.98. The van der Waals surface area contributed by atoms with Crippen molar-refractivity contribution in [2.75, 3.05) is 37.9 Å². The van der Waals surface area contributed by atoms with Crippen molar-refractivity contribution in [1.29, 1.82) is 0 Å². The highest BCUT2D eigenvalue weighted by atomic mass is 16.6. The summed E-state index contributed by atoms with van der Waals surface area (Å²) in [6.07, 6.45) is 5.68. The average Bonchev–Trinajstić information content (AvgIpc) is 3.57. The summed E-state index contributed by atoms with van der Waals surface area (Å²) in [4.78, 5) is 0. The van der Waals surface area contributed by atoms with Crippen molar-refractivity contribution >= 4 is 11.4 Å². The number of hydrogen-bond donors (Lipinski definition) is 2. The topological polar surface area (TPSA) is 102 Å². The summed E-state index contributed by atoms with van der Waals surface area (Å²) in [5, 5.41) is 0. The number of fused-ring (bicyclic) bond motifs is 3. The number of nitrogens with two attached hydrogens (primary N) is 2. The second-order valence-electron chi connectivity index (χ2n) is 9.73. The first-order chi connectivity index (χ1) is 15.1. The molecule has 6 heteroatoms. The lowest BCUT2D eigenvalue weighted by molar-refractivity contribution is 0.401. The third-order valence-electron chi connectivity index (χ3n) is 7.28. The van der Waals surface area contributed by atoms with Crippen LogP contribution in [0, 0.1) is 0 Å². The van der Waals surface area contributed by atoms with Gasteiger partial charge >= 0.3 is 0 Å². The molecule has 0 spiro atoms. The van der Waals surface area contributed by atoms with Gasteiger partial charge in [-0.05, 0) is 63.1 Å². The van der Waals surface area contributed by atoms with E-state index in [4.69, 9.17) is 30.4 Å². The van der Waals surface area contributed by atoms with Crippen molar-refractivity contribution in [1.82, 2.24) is 0 Å². The van der Waals surface area contributed by atoms with Gasteiger partial charge in [-0.3, -0.25) is 0 Å². The molecule has 2 aromatic carbocycles. The van der Waals surface area contributed by atoms with Crippen LogP contribution in [0.5, 0.6) is 0 Å². The van der Waals surface area contributed by atoms with Crippen LogP contribution in [-0.4, -0.2) is 50.8 Å². The highest BCUT2D eigenvalue weighted by molar-refractivity contribution is 5.88. The molecular formula is C25H28N2O4. The van der Waals surface area contributed by atoms with Gasteiger partial charge in [0.25, 0.3) is 0 Å². The third kappa shape index (κ3) is 3.42. The predicted octanol–water partition coefficient (Wildman–Crippen LogP) is 2.19. The lowest BCUT2D eigenvalue weighted by Crippen LogP contribution is -2.14. The van der Waals surface area contributed by atoms with E-state index in [1.54, 1.807) is 0 Å². The average molecular weight is 421 g/mol. The minimum absolute atomic E-state index is 0.288. The molecule has 4 unspecified atom stereocenters. The van der Waals surface area contributed by atoms with Crippen LogP contribution in [-0.2, 0) is 51.1 Å². The fourth-order valence-corrected chi connectivity index (χ4v) is 5.46. The summed E-state index contributed by atoms with van der Waals surface area (Å²) in [6, 6.07) is 4.30. The lowest BCUT2D eigenvalue weighted by Gasteiger charge is -2.22. The number of rotatable bonds is 8. The van der Waals surface area contributed by atoms with Crippen molar-refractivity contribution in [2.24, 2.45) is 0 Å². The van der Waals surface area contributed by atoms with Gasteiger partial charge in [-0.2, -0.15) is 0 Å². The Bertz CT molecular complexity index is 1080. The van der Waals surface area contributed by atoms with E-state index in [9.17, 15) is 0 Å². The Labute approximate surface area is 181 Å². The van der Waals surface area contributed by atoms with E-state index in [1.165, 1.54) is 44.5 Å². The maximum Gasteiger partial charge on any atom is 0.0851 e. The molecule has 2 aromatic rings. The number of anilines is 2. The van der Waals surface area contributed by atoms with Gasteiger partial charge in [0, 0.05) is 37.1 Å². The Balaban J connectivity index is 1.45. The molecule has 162 valence electrons. The SMILES string of the molecule is Nc1cc2c(c(CC3CO3)c1)-c1c(c(CC3CO3)c(N)c(CC3CO3)c1CC1CO1)C2. The number of benzene rings is 2. The van der Waals surface area contributed by atoms with Crippen LogP contribution in [0.25, 0.3) is 11.1 Å². The minimum Gasteiger partial charge on any atom is -0.399 e. The maximum atomic E-state index is 6.90. The predicted molar refractivity (Wildman–Crippen MR) is 117 cm³/mol. The fraction of sp³-hybridized carbons (Fsp3) is 0.520. The van der Waals surface area contributed by atoms with Gasteiger partial charge in [0.15, 0.2) is 0 Å². The molecule has 5 aliphatic rings. The van der Waals surface area contributed by atoms with Crippen LogP contribution >= 0.6 is 0 Å². The maximum absolute atomic E-state index is 6.90. The quantitative estimate of drug-likeness (QED) is 0.428. The van der Waals surface area contributed by atoms with Gasteiger partial charge < -0.3 is 30.4 Å². The molecule has 4 atom stereocenters. The molecule has 1 aliphatic carbocycles. The van der Waals surface area contributed by atoms with Crippen molar-refractivity contribution in [2.45, 2.75) is 56.5 Å². The van der Waals surface area contributed by atoms with E-state index in [0.29, 0.717) is 18.3 Å². The Morgan fingerprint density at radius 2 is 1.23 bits per heavy atom. The summed E-state index contributed by atoms with van der Waals surface area (Å²) < 4.78 is 22.5. The Morgan fingerprint density at radius 3 is 1.84 bits per heavy atom. The standard InChI is InChI=1S/C25H28N2O4/c26-14-1-12(3-15-8-28-15)23-13(2-14)4-19-21(6-17-10-30-17)25(27)22(7-18-11-31-18)20(24(19)23)5-16-9-29-16/h1-2,15-18H,3-11,26-27H2. The summed E-state index contributed by atoms with van der Waals surface area (Å²) in [5.41, 5.74) is 25.7. The molecule has 4 fully saturated rings. The van der Waals surface area contributed by atoms with E-state index >= 15 is 0 Å². The number of nitrogen functional groups attached to an aromatic ring is 2. The molecule has 6 nitrogen and oxygen atoms in total. The monoisotopic (exact) mass is 420 g/mol. The molecule has 0 amide bonds. The molecular weight excluding hydrogens is 392 g/mol. The van der Waals surface area contributed by atoms with Crippen molar-refractivity contribution in [3.05, 3.63) is 45.5 Å². The number of epoxide rings is 4. The summed E-state index contributed by atoms with van der Waals surface area (Å²) in [7, 11) is 0. The Hall–Kier alpha value is -2.12. The van der Waals surface area contributed by atoms with Crippen LogP contribution in [0.3, 0.4) is 0 Å². The Morgan fingerprint density at radius 1 is 0.677 bits per heavy atom. The van der Waals surface area contributed by atoms with Crippen LogP contribution < -0.4 is 11.5 Å². The normalized spacial score (nSPS) is 28.9. The molecule has 0 radical (unpaired) electrons. The van der Waals surface area contributed by atoms with Crippen LogP contribution in [0.15, 0.2) is 12.1 Å². The van der Waals surface area contributed by atoms with E-state index in [-0.39, 0.29) is 6.10 Å². The largest absolute Gasteiger partial charge is 0.399 e. The summed E-state index contributed by atoms with van der Waals surface area (Å²) in [5.74, 6) is 0. The molecule has 0 aromatic heterocycles. The molecule has 0 bridgehead atoms. The smallest absolute Gasteiger partial charge is 0.0851 e. The van der Waals surface area contributed by atoms with E-state index < -0.39 is 0 Å². The van der Waals surface area contributed by atoms with Gasteiger partial charge in [-0.1, -0.05) is 0 Å². The van der Waals surface area contributed by atoms with Crippen LogP contribution in [0.4, 0.5) is 11.4 Å². The van der Waals surface area contributed by atoms with Crippen molar-refractivity contribution in [3.8, 4) is 11.1 Å². The molecule has 31 heavy (non-hydrogen) atoms. The summed E-state index contributed by atoms with van der Waals surface area (Å²) >= 11 is 0. The molecule has 7 rings (SSSR count). The van der Waals surface area contributed by atoms with Crippen molar-refractivity contribution in [3.63, 3.8) is 0 Å². The molecule has 4 saturated heterocycles. The summed E-state index contributed by atoms with van der Waals surface area (Å²) in [6.45, 7) is 3.34. The van der Waals surface area contributed by atoms with Gasteiger partial charge in [-0.15, -0.1) is 0 Å². The highest BCUT2D eigenvalue weighted by Gasteiger charge is 2.38. The second kappa shape index (κ2) is 6.69. The fourth-order valence-electron chi connectivity index (χ4n) is 5.46. The van der Waals surface area contributed by atoms with E-state index in [1.807, 2.05) is 0 Å². The van der Waals surface area contributed by atoms with Crippen molar-refractivity contribution < 1.29 is 18.9 Å². The first kappa shape index (κ1) is 18.5. The van der Waals surface area contributed by atoms with Gasteiger partial charge in [-0.25, -0.2) is 0 Å². The van der Waals surface area contributed by atoms with Gasteiger partial charge in [0.1, 0.15) is 0 Å². The van der Waals surface area contributed by atoms with Gasteiger partial charge in [0.2, 0.25) is 0 Å². The second-order valence-corrected chi connectivity index (χ2v) is 9.73. The molecule has 4 heterocycles. The third-order valence-corrected chi connectivity index (χ3v) is 7.28.